The maximum absolute atomic E-state index is 5.87. The molecule has 1 unspecified atom stereocenters. The summed E-state index contributed by atoms with van der Waals surface area (Å²) in [6.45, 7) is 3.71. The third kappa shape index (κ3) is 3.45. The molecule has 0 aromatic heterocycles. The van der Waals surface area contributed by atoms with E-state index in [2.05, 4.69) is 18.1 Å². The normalized spacial score (nSPS) is 18.6. The van der Waals surface area contributed by atoms with Gasteiger partial charge < -0.3 is 11.1 Å². The van der Waals surface area contributed by atoms with Gasteiger partial charge in [0.2, 0.25) is 0 Å². The van der Waals surface area contributed by atoms with Crippen molar-refractivity contribution >= 4 is 28.3 Å². The van der Waals surface area contributed by atoms with E-state index in [1.54, 1.807) is 0 Å². The van der Waals surface area contributed by atoms with Crippen LogP contribution in [0.25, 0.3) is 4.91 Å². The molecule has 1 aromatic carbocycles. The molecule has 1 atom stereocenters. The van der Waals surface area contributed by atoms with Crippen LogP contribution in [-0.4, -0.2) is 5.37 Å². The zero-order chi connectivity index (χ0) is 12.3. The van der Waals surface area contributed by atoms with E-state index >= 15 is 0 Å². The van der Waals surface area contributed by atoms with E-state index in [1.807, 2.05) is 36.0 Å². The van der Waals surface area contributed by atoms with E-state index in [-0.39, 0.29) is 0 Å². The first-order chi connectivity index (χ1) is 8.15. The minimum Gasteiger partial charge on any atom is -0.403 e. The lowest BCUT2D eigenvalue weighted by Gasteiger charge is -2.10. The highest BCUT2D eigenvalue weighted by molar-refractivity contribution is 8.09. The van der Waals surface area contributed by atoms with Gasteiger partial charge in [-0.25, -0.2) is 0 Å². The number of benzene rings is 1. The minimum atomic E-state index is 0.390. The predicted octanol–water partition coefficient (Wildman–Crippen LogP) is 3.55. The van der Waals surface area contributed by atoms with Crippen LogP contribution in [0.1, 0.15) is 18.4 Å². The van der Waals surface area contributed by atoms with Gasteiger partial charge in [0.25, 0.3) is 0 Å². The summed E-state index contributed by atoms with van der Waals surface area (Å²) in [4.78, 5) is 1.24. The number of hydrogen-bond acceptors (Lipinski definition) is 3. The molecule has 4 heteroatoms. The number of hydrogen-bond donors (Lipinski definition) is 2. The molecule has 0 fully saturated rings. The molecule has 1 aromatic rings. The second kappa shape index (κ2) is 5.52. The number of rotatable bonds is 4. The minimum absolute atomic E-state index is 0.390. The molecule has 0 saturated heterocycles. The average molecular weight is 267 g/mol. The highest BCUT2D eigenvalue weighted by atomic mass is 35.5. The zero-order valence-corrected chi connectivity index (χ0v) is 11.0. The summed E-state index contributed by atoms with van der Waals surface area (Å²) >= 11 is 7.69. The van der Waals surface area contributed by atoms with E-state index < -0.39 is 0 Å². The Morgan fingerprint density at radius 2 is 2.12 bits per heavy atom. The molecule has 2 rings (SSSR count). The Hall–Kier alpha value is -1.06. The Labute approximate surface area is 111 Å². The van der Waals surface area contributed by atoms with Gasteiger partial charge in [0.15, 0.2) is 0 Å². The first-order valence-corrected chi connectivity index (χ1v) is 6.73. The molecule has 2 nitrogen and oxygen atoms in total. The fourth-order valence-electron chi connectivity index (χ4n) is 1.61. The third-order valence-corrected chi connectivity index (χ3v) is 4.04. The number of halogens is 1. The molecule has 1 aliphatic heterocycles. The Kier molecular flexibility index (Phi) is 4.02. The zero-order valence-electron chi connectivity index (χ0n) is 9.45. The van der Waals surface area contributed by atoms with Crippen LogP contribution in [0.5, 0.6) is 0 Å². The van der Waals surface area contributed by atoms with Gasteiger partial charge in [0.1, 0.15) is 0 Å². The fraction of sp³-hybridized carbons (Fsp3) is 0.231. The lowest BCUT2D eigenvalue weighted by molar-refractivity contribution is 0.707. The molecule has 0 bridgehead atoms. The summed E-state index contributed by atoms with van der Waals surface area (Å²) in [6, 6.07) is 7.89. The van der Waals surface area contributed by atoms with E-state index in [4.69, 9.17) is 17.3 Å². The molecule has 17 heavy (non-hydrogen) atoms. The Balaban J connectivity index is 1.93. The van der Waals surface area contributed by atoms with Crippen LogP contribution in [0, 0.1) is 0 Å². The van der Waals surface area contributed by atoms with Crippen molar-refractivity contribution in [1.82, 2.24) is 5.32 Å². The Morgan fingerprint density at radius 1 is 1.41 bits per heavy atom. The molecule has 1 aliphatic rings. The summed E-state index contributed by atoms with van der Waals surface area (Å²) in [5.41, 5.74) is 7.51. The van der Waals surface area contributed by atoms with Gasteiger partial charge in [-0.2, -0.15) is 0 Å². The Morgan fingerprint density at radius 3 is 2.76 bits per heavy atom. The number of thioether (sulfide) groups is 1. The van der Waals surface area contributed by atoms with Crippen LogP contribution in [0.2, 0.25) is 5.02 Å². The number of nitrogens with one attached hydrogen (secondary N) is 1. The van der Waals surface area contributed by atoms with Crippen LogP contribution >= 0.6 is 23.4 Å². The molecule has 3 N–H and O–H groups in total. The van der Waals surface area contributed by atoms with E-state index in [0.29, 0.717) is 5.37 Å². The number of allylic oxidation sites excluding steroid dienone is 1. The van der Waals surface area contributed by atoms with Crippen molar-refractivity contribution in [2.45, 2.75) is 18.2 Å². The summed E-state index contributed by atoms with van der Waals surface area (Å²) in [5, 5.41) is 4.50. The van der Waals surface area contributed by atoms with Crippen LogP contribution in [0.15, 0.2) is 42.7 Å². The largest absolute Gasteiger partial charge is 0.403 e. The monoisotopic (exact) mass is 266 g/mol. The highest BCUT2D eigenvalue weighted by Gasteiger charge is 2.17. The van der Waals surface area contributed by atoms with Crippen molar-refractivity contribution < 1.29 is 0 Å². The lowest BCUT2D eigenvalue weighted by Crippen LogP contribution is -2.16. The van der Waals surface area contributed by atoms with Gasteiger partial charge in [-0.15, -0.1) is 0 Å². The third-order valence-electron chi connectivity index (χ3n) is 2.53. The van der Waals surface area contributed by atoms with Gasteiger partial charge in [0, 0.05) is 21.8 Å². The second-order valence-electron chi connectivity index (χ2n) is 3.99. The van der Waals surface area contributed by atoms with Crippen molar-refractivity contribution in [2.24, 2.45) is 5.73 Å². The predicted molar refractivity (Wildman–Crippen MR) is 76.5 cm³/mol. The van der Waals surface area contributed by atoms with Crippen molar-refractivity contribution in [3.8, 4) is 0 Å². The maximum Gasteiger partial charge on any atom is 0.0768 e. The van der Waals surface area contributed by atoms with Crippen molar-refractivity contribution in [3.05, 3.63) is 53.3 Å². The highest BCUT2D eigenvalue weighted by Crippen LogP contribution is 2.36. The van der Waals surface area contributed by atoms with E-state index in [0.717, 1.165) is 23.6 Å². The number of nitrogens with two attached hydrogens (primary N) is 1. The smallest absolute Gasteiger partial charge is 0.0768 e. The summed E-state index contributed by atoms with van der Waals surface area (Å²) < 4.78 is 0. The lowest BCUT2D eigenvalue weighted by atomic mass is 10.2. The van der Waals surface area contributed by atoms with Crippen LogP contribution in [0.4, 0.5) is 0 Å². The van der Waals surface area contributed by atoms with Crippen molar-refractivity contribution in [2.75, 3.05) is 0 Å². The van der Waals surface area contributed by atoms with E-state index in [9.17, 15) is 0 Å². The Bertz CT molecular complexity index is 439. The molecule has 0 spiro atoms. The molecule has 0 amide bonds. The van der Waals surface area contributed by atoms with Crippen LogP contribution < -0.4 is 11.1 Å². The van der Waals surface area contributed by atoms with Gasteiger partial charge in [0.05, 0.1) is 5.37 Å². The van der Waals surface area contributed by atoms with Crippen molar-refractivity contribution in [1.29, 1.82) is 0 Å². The van der Waals surface area contributed by atoms with Gasteiger partial charge in [-0.05, 0) is 30.5 Å². The van der Waals surface area contributed by atoms with Crippen LogP contribution in [-0.2, 0) is 0 Å². The van der Waals surface area contributed by atoms with Crippen LogP contribution in [0.3, 0.4) is 0 Å². The molecule has 0 saturated carbocycles. The quantitative estimate of drug-likeness (QED) is 0.875. The molecule has 0 radical (unpaired) electrons. The topological polar surface area (TPSA) is 38.0 Å². The SMILES string of the molecule is C=C(N)CCC1NC=C(c2ccc(Cl)cc2)S1. The maximum atomic E-state index is 5.87. The first kappa shape index (κ1) is 12.4. The standard InChI is InChI=1S/C13H15ClN2S/c1-9(15)2-7-13-16-8-12(17-13)10-3-5-11(14)6-4-10/h3-6,8,13,16H,1-2,7,15H2. The van der Waals surface area contributed by atoms with E-state index in [1.165, 1.54) is 10.5 Å². The van der Waals surface area contributed by atoms with Crippen molar-refractivity contribution in [3.63, 3.8) is 0 Å². The van der Waals surface area contributed by atoms with Gasteiger partial charge >= 0.3 is 0 Å². The summed E-state index contributed by atoms with van der Waals surface area (Å²) in [6.07, 6.45) is 3.90. The molecule has 0 aliphatic carbocycles. The molecular formula is C13H15ClN2S. The van der Waals surface area contributed by atoms with Gasteiger partial charge in [-0.1, -0.05) is 42.1 Å². The fourth-order valence-corrected chi connectivity index (χ4v) is 2.83. The first-order valence-electron chi connectivity index (χ1n) is 5.47. The molecule has 1 heterocycles. The summed E-state index contributed by atoms with van der Waals surface area (Å²) in [5.74, 6) is 0. The second-order valence-corrected chi connectivity index (χ2v) is 5.67. The van der Waals surface area contributed by atoms with Gasteiger partial charge in [-0.3, -0.25) is 0 Å². The molecular weight excluding hydrogens is 252 g/mol. The average Bonchev–Trinajstić information content (AvgIpc) is 2.76. The molecule has 90 valence electrons. The summed E-state index contributed by atoms with van der Waals surface area (Å²) in [7, 11) is 0.